The van der Waals surface area contributed by atoms with Crippen LogP contribution in [0.2, 0.25) is 15.1 Å². The molecule has 0 saturated carbocycles. The first-order valence-corrected chi connectivity index (χ1v) is 13.1. The highest BCUT2D eigenvalue weighted by Crippen LogP contribution is 2.38. The molecular formula is C23H17Cl3N4O7S. The van der Waals surface area contributed by atoms with Gasteiger partial charge in [-0.1, -0.05) is 52.1 Å². The SMILES string of the molecule is COc1cc(OC)c(NS(=O)(=O)c2cc(C(=O)OCn3nnc4ccccc4c3=O)c(Cl)cc2Cl)cc1Cl. The number of hydrogen-bond acceptors (Lipinski definition) is 9. The first-order valence-electron chi connectivity index (χ1n) is 10.5. The van der Waals surface area contributed by atoms with Crippen LogP contribution in [0.15, 0.2) is 58.2 Å². The molecular weight excluding hydrogens is 583 g/mol. The monoisotopic (exact) mass is 598 g/mol. The predicted octanol–water partition coefficient (Wildman–Crippen LogP) is 4.38. The van der Waals surface area contributed by atoms with Crippen LogP contribution in [-0.4, -0.2) is 43.6 Å². The molecule has 4 rings (SSSR count). The van der Waals surface area contributed by atoms with Crippen molar-refractivity contribution in [1.82, 2.24) is 15.0 Å². The minimum atomic E-state index is -4.39. The van der Waals surface area contributed by atoms with E-state index in [0.29, 0.717) is 5.52 Å². The Bertz CT molecular complexity index is 1730. The van der Waals surface area contributed by atoms with E-state index in [2.05, 4.69) is 15.0 Å². The lowest BCUT2D eigenvalue weighted by molar-refractivity contribution is 0.0336. The van der Waals surface area contributed by atoms with Crippen LogP contribution in [0.1, 0.15) is 10.4 Å². The summed E-state index contributed by atoms with van der Waals surface area (Å²) >= 11 is 18.4. The molecule has 0 aliphatic carbocycles. The summed E-state index contributed by atoms with van der Waals surface area (Å²) in [6.45, 7) is -0.601. The van der Waals surface area contributed by atoms with Crippen LogP contribution in [0, 0.1) is 0 Å². The molecule has 198 valence electrons. The lowest BCUT2D eigenvalue weighted by atomic mass is 10.2. The molecule has 38 heavy (non-hydrogen) atoms. The molecule has 15 heteroatoms. The lowest BCUT2D eigenvalue weighted by Gasteiger charge is -2.15. The summed E-state index contributed by atoms with van der Waals surface area (Å²) in [5.74, 6) is -0.659. The minimum absolute atomic E-state index is 0.0114. The number of hydrogen-bond donors (Lipinski definition) is 1. The van der Waals surface area contributed by atoms with Gasteiger partial charge in [0.1, 0.15) is 21.9 Å². The Morgan fingerprint density at radius 1 is 0.974 bits per heavy atom. The van der Waals surface area contributed by atoms with Crippen molar-refractivity contribution in [2.24, 2.45) is 0 Å². The first-order chi connectivity index (χ1) is 18.1. The molecule has 0 aliphatic rings. The maximum absolute atomic E-state index is 13.2. The number of methoxy groups -OCH3 is 2. The third-order valence-electron chi connectivity index (χ3n) is 5.20. The summed E-state index contributed by atoms with van der Waals surface area (Å²) in [4.78, 5) is 24.9. The fraction of sp³-hybridized carbons (Fsp3) is 0.130. The molecule has 0 unspecified atom stereocenters. The first kappa shape index (κ1) is 27.5. The number of aromatic nitrogens is 3. The van der Waals surface area contributed by atoms with Crippen molar-refractivity contribution in [2.75, 3.05) is 18.9 Å². The number of sulfonamides is 1. The van der Waals surface area contributed by atoms with Crippen molar-refractivity contribution in [3.8, 4) is 11.5 Å². The highest BCUT2D eigenvalue weighted by Gasteiger charge is 2.25. The van der Waals surface area contributed by atoms with Gasteiger partial charge in [0, 0.05) is 6.07 Å². The highest BCUT2D eigenvalue weighted by molar-refractivity contribution is 7.92. The van der Waals surface area contributed by atoms with Gasteiger partial charge in [-0.3, -0.25) is 9.52 Å². The second-order valence-electron chi connectivity index (χ2n) is 7.53. The topological polar surface area (TPSA) is 139 Å². The number of nitrogens with one attached hydrogen (secondary N) is 1. The van der Waals surface area contributed by atoms with E-state index < -0.39 is 33.2 Å². The summed E-state index contributed by atoms with van der Waals surface area (Å²) in [6.07, 6.45) is 0. The van der Waals surface area contributed by atoms with E-state index in [4.69, 9.17) is 49.0 Å². The van der Waals surface area contributed by atoms with Crippen LogP contribution in [0.25, 0.3) is 10.9 Å². The number of anilines is 1. The van der Waals surface area contributed by atoms with Gasteiger partial charge in [-0.05, 0) is 30.3 Å². The van der Waals surface area contributed by atoms with Crippen LogP contribution in [-0.2, 0) is 21.5 Å². The summed E-state index contributed by atoms with van der Waals surface area (Å²) < 4.78 is 45.0. The molecule has 0 fully saturated rings. The highest BCUT2D eigenvalue weighted by atomic mass is 35.5. The van der Waals surface area contributed by atoms with Gasteiger partial charge >= 0.3 is 5.97 Å². The fourth-order valence-corrected chi connectivity index (χ4v) is 5.49. The Hall–Kier alpha value is -3.58. The van der Waals surface area contributed by atoms with Gasteiger partial charge in [-0.15, -0.1) is 5.10 Å². The van der Waals surface area contributed by atoms with Gasteiger partial charge < -0.3 is 14.2 Å². The van der Waals surface area contributed by atoms with Crippen molar-refractivity contribution in [2.45, 2.75) is 11.6 Å². The van der Waals surface area contributed by atoms with Crippen LogP contribution < -0.4 is 19.8 Å². The quantitative estimate of drug-likeness (QED) is 0.292. The Morgan fingerprint density at radius 3 is 2.39 bits per heavy atom. The minimum Gasteiger partial charge on any atom is -0.495 e. The summed E-state index contributed by atoms with van der Waals surface area (Å²) in [5.41, 5.74) is -0.496. The third kappa shape index (κ3) is 5.48. The molecule has 0 amide bonds. The van der Waals surface area contributed by atoms with Crippen LogP contribution in [0.5, 0.6) is 11.5 Å². The average Bonchev–Trinajstić information content (AvgIpc) is 2.88. The van der Waals surface area contributed by atoms with E-state index in [1.54, 1.807) is 24.3 Å². The van der Waals surface area contributed by atoms with Crippen molar-refractivity contribution in [3.63, 3.8) is 0 Å². The smallest absolute Gasteiger partial charge is 0.341 e. The molecule has 0 spiro atoms. The molecule has 4 aromatic rings. The standard InChI is InChI=1S/C23H17Cl3N4O7S/c1-35-19-10-20(36-2)18(9-15(19)25)28-38(33,34)21-7-13(14(24)8-16(21)26)23(32)37-11-30-22(31)12-5-3-4-6-17(12)27-29-30/h3-10,28H,11H2,1-2H3. The van der Waals surface area contributed by atoms with Gasteiger partial charge in [-0.25, -0.2) is 13.2 Å². The molecule has 0 aliphatic heterocycles. The van der Waals surface area contributed by atoms with E-state index in [-0.39, 0.29) is 43.2 Å². The largest absolute Gasteiger partial charge is 0.495 e. The Kier molecular flexibility index (Phi) is 7.97. The predicted molar refractivity (Wildman–Crippen MR) is 141 cm³/mol. The van der Waals surface area contributed by atoms with E-state index >= 15 is 0 Å². The molecule has 0 atom stereocenters. The molecule has 0 bridgehead atoms. The average molecular weight is 600 g/mol. The summed E-state index contributed by atoms with van der Waals surface area (Å²) in [7, 11) is -1.67. The molecule has 11 nitrogen and oxygen atoms in total. The van der Waals surface area contributed by atoms with E-state index in [9.17, 15) is 18.0 Å². The second kappa shape index (κ2) is 11.0. The summed E-state index contributed by atoms with van der Waals surface area (Å²) in [6, 6.07) is 11.2. The van der Waals surface area contributed by atoms with Crippen LogP contribution in [0.3, 0.4) is 0 Å². The van der Waals surface area contributed by atoms with E-state index in [0.717, 1.165) is 16.8 Å². The second-order valence-corrected chi connectivity index (χ2v) is 10.4. The molecule has 1 aromatic heterocycles. The van der Waals surface area contributed by atoms with Crippen molar-refractivity contribution >= 4 is 67.4 Å². The number of halogens is 3. The number of carbonyl (C=O) groups is 1. The number of nitrogens with zero attached hydrogens (tertiary/aromatic N) is 3. The van der Waals surface area contributed by atoms with Gasteiger partial charge in [0.25, 0.3) is 15.6 Å². The van der Waals surface area contributed by atoms with Crippen molar-refractivity contribution in [3.05, 3.63) is 79.5 Å². The molecule has 1 N–H and O–H groups in total. The Balaban J connectivity index is 1.62. The number of ether oxygens (including phenoxy) is 3. The van der Waals surface area contributed by atoms with E-state index in [1.165, 1.54) is 26.4 Å². The number of carbonyl (C=O) groups excluding carboxylic acids is 1. The van der Waals surface area contributed by atoms with E-state index in [1.807, 2.05) is 0 Å². The van der Waals surface area contributed by atoms with Crippen LogP contribution >= 0.6 is 34.8 Å². The zero-order valence-corrected chi connectivity index (χ0v) is 22.7. The van der Waals surface area contributed by atoms with Gasteiger partial charge in [0.05, 0.1) is 45.9 Å². The maximum atomic E-state index is 13.2. The molecule has 0 radical (unpaired) electrons. The number of benzene rings is 3. The summed E-state index contributed by atoms with van der Waals surface area (Å²) in [5, 5.41) is 7.58. The van der Waals surface area contributed by atoms with Crippen molar-refractivity contribution in [1.29, 1.82) is 0 Å². The Morgan fingerprint density at radius 2 is 1.68 bits per heavy atom. The fourth-order valence-electron chi connectivity index (χ4n) is 3.34. The Labute approximate surface area is 230 Å². The van der Waals surface area contributed by atoms with Crippen molar-refractivity contribution < 1.29 is 27.4 Å². The van der Waals surface area contributed by atoms with Gasteiger partial charge in [-0.2, -0.15) is 4.68 Å². The molecule has 0 saturated heterocycles. The molecule has 3 aromatic carbocycles. The zero-order valence-electron chi connectivity index (χ0n) is 19.6. The van der Waals surface area contributed by atoms with Gasteiger partial charge in [0.15, 0.2) is 6.73 Å². The number of rotatable bonds is 8. The maximum Gasteiger partial charge on any atom is 0.341 e. The third-order valence-corrected chi connectivity index (χ3v) is 7.63. The normalized spacial score (nSPS) is 11.3. The van der Waals surface area contributed by atoms with Gasteiger partial charge in [0.2, 0.25) is 0 Å². The van der Waals surface area contributed by atoms with Crippen LogP contribution in [0.4, 0.5) is 5.69 Å². The zero-order chi connectivity index (χ0) is 27.6. The number of fused-ring (bicyclic) bond motifs is 1. The molecule has 1 heterocycles. The lowest BCUT2D eigenvalue weighted by Crippen LogP contribution is -2.26. The number of esters is 1.